The van der Waals surface area contributed by atoms with Gasteiger partial charge in [0.25, 0.3) is 0 Å². The maximum atomic E-state index is 12.8. The lowest BCUT2D eigenvalue weighted by Gasteiger charge is -2.24. The lowest BCUT2D eigenvalue weighted by atomic mass is 9.85. The number of halogens is 1. The van der Waals surface area contributed by atoms with Crippen molar-refractivity contribution in [2.75, 3.05) is 0 Å². The van der Waals surface area contributed by atoms with Gasteiger partial charge in [0, 0.05) is 11.1 Å². The van der Waals surface area contributed by atoms with E-state index in [9.17, 15) is 9.59 Å². The number of benzene rings is 2. The quantitative estimate of drug-likeness (QED) is 0.472. The molecule has 0 N–H and O–H groups in total. The molecular weight excluding hydrogens is 284 g/mol. The number of Topliss-reactive ketones (excluding diaryl/α,β-unsaturated/α-hetero) is 2. The van der Waals surface area contributed by atoms with Crippen LogP contribution in [0.5, 0.6) is 0 Å². The predicted molar refractivity (Wildman–Crippen MR) is 82.9 cm³/mol. The van der Waals surface area contributed by atoms with Crippen molar-refractivity contribution in [1.82, 2.24) is 0 Å². The van der Waals surface area contributed by atoms with Crippen LogP contribution in [0.3, 0.4) is 0 Å². The van der Waals surface area contributed by atoms with Crippen LogP contribution in [-0.2, 0) is 0 Å². The van der Waals surface area contributed by atoms with Gasteiger partial charge in [0.2, 0.25) is 0 Å². The van der Waals surface area contributed by atoms with Crippen LogP contribution in [0.1, 0.15) is 33.6 Å². The number of alkyl halides is 1. The number of carbonyl (C=O) groups excluding carboxylic acids is 2. The molecule has 0 radical (unpaired) electrons. The minimum Gasteiger partial charge on any atom is -0.292 e. The second kappa shape index (κ2) is 5.45. The van der Waals surface area contributed by atoms with Gasteiger partial charge in [-0.25, -0.2) is 0 Å². The molecule has 2 aromatic carbocycles. The highest BCUT2D eigenvalue weighted by atomic mass is 35.5. The molecule has 1 aliphatic rings. The largest absolute Gasteiger partial charge is 0.292 e. The molecule has 1 fully saturated rings. The molecular formula is C18H15ClO2. The van der Waals surface area contributed by atoms with E-state index in [4.69, 9.17) is 11.6 Å². The van der Waals surface area contributed by atoms with Crippen molar-refractivity contribution < 1.29 is 9.59 Å². The Bertz CT molecular complexity index is 609. The third-order valence-corrected chi connectivity index (χ3v) is 4.52. The Balaban J connectivity index is 2.01. The molecule has 0 atom stereocenters. The summed E-state index contributed by atoms with van der Waals surface area (Å²) in [6.45, 7) is 0. The normalized spacial score (nSPS) is 14.7. The van der Waals surface area contributed by atoms with E-state index in [1.54, 1.807) is 48.5 Å². The first-order valence-corrected chi connectivity index (χ1v) is 7.40. The van der Waals surface area contributed by atoms with Crippen LogP contribution in [0.25, 0.3) is 0 Å². The number of carbonyl (C=O) groups is 2. The molecule has 1 aliphatic carbocycles. The van der Waals surface area contributed by atoms with Crippen LogP contribution < -0.4 is 0 Å². The highest BCUT2D eigenvalue weighted by Gasteiger charge is 2.55. The molecule has 0 spiro atoms. The van der Waals surface area contributed by atoms with Crippen molar-refractivity contribution in [2.24, 2.45) is 5.92 Å². The zero-order valence-electron chi connectivity index (χ0n) is 11.5. The van der Waals surface area contributed by atoms with Crippen molar-refractivity contribution in [3.05, 3.63) is 71.8 Å². The van der Waals surface area contributed by atoms with Gasteiger partial charge in [-0.3, -0.25) is 9.59 Å². The third-order valence-electron chi connectivity index (χ3n) is 3.87. The molecule has 0 aromatic heterocycles. The van der Waals surface area contributed by atoms with Crippen molar-refractivity contribution in [1.29, 1.82) is 0 Å². The van der Waals surface area contributed by atoms with Gasteiger partial charge in [0.1, 0.15) is 0 Å². The van der Waals surface area contributed by atoms with E-state index >= 15 is 0 Å². The van der Waals surface area contributed by atoms with Gasteiger partial charge in [0.05, 0.1) is 0 Å². The molecule has 0 bridgehead atoms. The van der Waals surface area contributed by atoms with E-state index in [2.05, 4.69) is 0 Å². The Morgan fingerprint density at radius 2 is 1.19 bits per heavy atom. The van der Waals surface area contributed by atoms with Gasteiger partial charge in [-0.05, 0) is 18.8 Å². The van der Waals surface area contributed by atoms with E-state index < -0.39 is 4.87 Å². The van der Waals surface area contributed by atoms with Crippen LogP contribution in [0.15, 0.2) is 60.7 Å². The number of ketones is 2. The van der Waals surface area contributed by atoms with Crippen LogP contribution in [0.2, 0.25) is 0 Å². The minimum absolute atomic E-state index is 0.0698. The van der Waals surface area contributed by atoms with E-state index in [0.29, 0.717) is 11.1 Å². The summed E-state index contributed by atoms with van der Waals surface area (Å²) in [7, 11) is 0. The fourth-order valence-electron chi connectivity index (χ4n) is 2.55. The Morgan fingerprint density at radius 1 is 0.810 bits per heavy atom. The molecule has 3 heteroatoms. The standard InChI is InChI=1S/C18H15ClO2/c19-18(15-11-12-15,16(20)13-7-3-1-4-8-13)17(21)14-9-5-2-6-10-14/h1-10,15H,11-12H2. The Labute approximate surface area is 128 Å². The van der Waals surface area contributed by atoms with Crippen LogP contribution in [-0.4, -0.2) is 16.4 Å². The zero-order valence-corrected chi connectivity index (χ0v) is 12.2. The smallest absolute Gasteiger partial charge is 0.191 e. The summed E-state index contributed by atoms with van der Waals surface area (Å²) < 4.78 is 0. The van der Waals surface area contributed by atoms with Crippen molar-refractivity contribution in [3.63, 3.8) is 0 Å². The highest BCUT2D eigenvalue weighted by Crippen LogP contribution is 2.47. The summed E-state index contributed by atoms with van der Waals surface area (Å²) >= 11 is 6.61. The predicted octanol–water partition coefficient (Wildman–Crippen LogP) is 4.14. The summed E-state index contributed by atoms with van der Waals surface area (Å²) in [6, 6.07) is 17.6. The van der Waals surface area contributed by atoms with Crippen LogP contribution in [0, 0.1) is 5.92 Å². The molecule has 0 unspecified atom stereocenters. The molecule has 0 heterocycles. The Morgan fingerprint density at radius 3 is 1.52 bits per heavy atom. The second-order valence-corrected chi connectivity index (χ2v) is 5.97. The van der Waals surface area contributed by atoms with Gasteiger partial charge in [-0.2, -0.15) is 0 Å². The lowest BCUT2D eigenvalue weighted by molar-refractivity contribution is 0.0815. The number of hydrogen-bond acceptors (Lipinski definition) is 2. The van der Waals surface area contributed by atoms with E-state index in [-0.39, 0.29) is 17.5 Å². The summed E-state index contributed by atoms with van der Waals surface area (Å²) in [6.07, 6.45) is 1.64. The van der Waals surface area contributed by atoms with Crippen LogP contribution in [0.4, 0.5) is 0 Å². The van der Waals surface area contributed by atoms with Gasteiger partial charge in [0.15, 0.2) is 16.4 Å². The molecule has 106 valence electrons. The fourth-order valence-corrected chi connectivity index (χ4v) is 2.99. The molecule has 2 aromatic rings. The number of rotatable bonds is 5. The Hall–Kier alpha value is -1.93. The SMILES string of the molecule is O=C(c1ccccc1)C(Cl)(C(=O)c1ccccc1)C1CC1. The molecule has 0 amide bonds. The first-order chi connectivity index (χ1) is 10.1. The molecule has 3 rings (SSSR count). The lowest BCUT2D eigenvalue weighted by Crippen LogP contribution is -2.43. The van der Waals surface area contributed by atoms with Crippen molar-refractivity contribution >= 4 is 23.2 Å². The van der Waals surface area contributed by atoms with Gasteiger partial charge >= 0.3 is 0 Å². The summed E-state index contributed by atoms with van der Waals surface area (Å²) in [5.41, 5.74) is 0.979. The average Bonchev–Trinajstić information content (AvgIpc) is 3.39. The topological polar surface area (TPSA) is 34.1 Å². The maximum Gasteiger partial charge on any atom is 0.191 e. The molecule has 0 aliphatic heterocycles. The molecule has 0 saturated heterocycles. The number of hydrogen-bond donors (Lipinski definition) is 0. The Kier molecular flexibility index (Phi) is 3.64. The second-order valence-electron chi connectivity index (χ2n) is 5.38. The summed E-state index contributed by atoms with van der Waals surface area (Å²) in [5.74, 6) is -0.651. The maximum absolute atomic E-state index is 12.8. The van der Waals surface area contributed by atoms with Crippen LogP contribution >= 0.6 is 11.6 Å². The van der Waals surface area contributed by atoms with E-state index in [1.807, 2.05) is 12.1 Å². The first-order valence-electron chi connectivity index (χ1n) is 7.02. The highest BCUT2D eigenvalue weighted by molar-refractivity contribution is 6.51. The van der Waals surface area contributed by atoms with Crippen molar-refractivity contribution in [3.8, 4) is 0 Å². The van der Waals surface area contributed by atoms with Gasteiger partial charge < -0.3 is 0 Å². The van der Waals surface area contributed by atoms with Gasteiger partial charge in [-0.15, -0.1) is 11.6 Å². The fraction of sp³-hybridized carbons (Fsp3) is 0.222. The minimum atomic E-state index is -1.47. The van der Waals surface area contributed by atoms with Crippen molar-refractivity contribution in [2.45, 2.75) is 17.7 Å². The van der Waals surface area contributed by atoms with E-state index in [1.165, 1.54) is 0 Å². The molecule has 1 saturated carbocycles. The monoisotopic (exact) mass is 298 g/mol. The summed E-state index contributed by atoms with van der Waals surface area (Å²) in [4.78, 5) is 24.2. The molecule has 21 heavy (non-hydrogen) atoms. The summed E-state index contributed by atoms with van der Waals surface area (Å²) in [5, 5.41) is 0. The average molecular weight is 299 g/mol. The molecule has 2 nitrogen and oxygen atoms in total. The zero-order chi connectivity index (χ0) is 14.9. The first kappa shape index (κ1) is 14.0. The van der Waals surface area contributed by atoms with E-state index in [0.717, 1.165) is 12.8 Å². The third kappa shape index (κ3) is 2.52. The van der Waals surface area contributed by atoms with Gasteiger partial charge in [-0.1, -0.05) is 60.7 Å².